The summed E-state index contributed by atoms with van der Waals surface area (Å²) < 4.78 is 27.7. The number of nitrogens with one attached hydrogen (secondary N) is 2. The molecule has 0 aliphatic rings. The first-order valence-corrected chi connectivity index (χ1v) is 7.65. The van der Waals surface area contributed by atoms with E-state index in [9.17, 15) is 13.2 Å². The quantitative estimate of drug-likeness (QED) is 0.779. The number of carbonyl (C=O) groups excluding carboxylic acids is 1. The summed E-state index contributed by atoms with van der Waals surface area (Å²) in [6.07, 6.45) is 0. The smallest absolute Gasteiger partial charge is 0.326 e. The van der Waals surface area contributed by atoms with Crippen molar-refractivity contribution in [2.75, 3.05) is 10.6 Å². The molecule has 1 aromatic heterocycles. The van der Waals surface area contributed by atoms with Gasteiger partial charge in [-0.25, -0.2) is 18.4 Å². The van der Waals surface area contributed by atoms with Crippen LogP contribution in [0.25, 0.3) is 0 Å². The van der Waals surface area contributed by atoms with Crippen LogP contribution < -0.4 is 15.8 Å². The molecule has 0 saturated heterocycles. The molecule has 1 heterocycles. The Hall–Kier alpha value is -1.84. The van der Waals surface area contributed by atoms with E-state index in [2.05, 4.69) is 26.6 Å². The van der Waals surface area contributed by atoms with Gasteiger partial charge in [0.05, 0.1) is 4.90 Å². The Balaban J connectivity index is 2.01. The summed E-state index contributed by atoms with van der Waals surface area (Å²) in [6.45, 7) is 0. The summed E-state index contributed by atoms with van der Waals surface area (Å²) in [7, 11) is -3.74. The average molecular weight is 360 g/mol. The zero-order valence-corrected chi connectivity index (χ0v) is 12.4. The predicted molar refractivity (Wildman–Crippen MR) is 76.9 cm³/mol. The molecule has 2 rings (SSSR count). The minimum absolute atomic E-state index is 0.0292. The van der Waals surface area contributed by atoms with Gasteiger partial charge in [0.2, 0.25) is 15.9 Å². The van der Waals surface area contributed by atoms with E-state index in [4.69, 9.17) is 9.56 Å². The Kier molecular flexibility index (Phi) is 4.12. The third-order valence-corrected chi connectivity index (χ3v) is 3.61. The average Bonchev–Trinajstić information content (AvgIpc) is 2.74. The number of amides is 2. The van der Waals surface area contributed by atoms with Gasteiger partial charge in [-0.3, -0.25) is 5.32 Å². The van der Waals surface area contributed by atoms with Crippen molar-refractivity contribution >= 4 is 43.6 Å². The summed E-state index contributed by atoms with van der Waals surface area (Å²) >= 11 is 3.11. The van der Waals surface area contributed by atoms with Gasteiger partial charge in [-0.15, -0.1) is 0 Å². The molecule has 106 valence electrons. The minimum Gasteiger partial charge on any atom is -0.434 e. The van der Waals surface area contributed by atoms with Gasteiger partial charge in [-0.05, 0) is 46.3 Å². The first-order valence-electron chi connectivity index (χ1n) is 5.31. The second-order valence-corrected chi connectivity index (χ2v) is 6.10. The number of primary sulfonamides is 1. The fraction of sp³-hybridized carbons (Fsp3) is 0. The van der Waals surface area contributed by atoms with E-state index in [-0.39, 0.29) is 10.8 Å². The molecule has 7 nitrogen and oxygen atoms in total. The van der Waals surface area contributed by atoms with Crippen molar-refractivity contribution in [3.05, 3.63) is 41.1 Å². The van der Waals surface area contributed by atoms with Crippen molar-refractivity contribution in [2.24, 2.45) is 5.14 Å². The molecule has 2 aromatic rings. The summed E-state index contributed by atoms with van der Waals surface area (Å²) in [5.41, 5.74) is 0.417. The van der Waals surface area contributed by atoms with Crippen LogP contribution in [0.2, 0.25) is 0 Å². The van der Waals surface area contributed by atoms with Crippen LogP contribution in [-0.4, -0.2) is 14.4 Å². The largest absolute Gasteiger partial charge is 0.434 e. The van der Waals surface area contributed by atoms with Crippen LogP contribution in [0.5, 0.6) is 0 Å². The third kappa shape index (κ3) is 3.83. The molecule has 4 N–H and O–H groups in total. The molecule has 0 atom stereocenters. The summed E-state index contributed by atoms with van der Waals surface area (Å²) in [5, 5.41) is 9.95. The van der Waals surface area contributed by atoms with E-state index < -0.39 is 16.1 Å². The van der Waals surface area contributed by atoms with Gasteiger partial charge >= 0.3 is 6.03 Å². The highest BCUT2D eigenvalue weighted by atomic mass is 79.9. The number of hydrogen-bond acceptors (Lipinski definition) is 4. The zero-order chi connectivity index (χ0) is 14.8. The van der Waals surface area contributed by atoms with Crippen molar-refractivity contribution in [1.82, 2.24) is 0 Å². The molecule has 9 heteroatoms. The van der Waals surface area contributed by atoms with Gasteiger partial charge in [-0.2, -0.15) is 0 Å². The number of urea groups is 1. The van der Waals surface area contributed by atoms with Crippen molar-refractivity contribution in [3.63, 3.8) is 0 Å². The lowest BCUT2D eigenvalue weighted by atomic mass is 10.3. The lowest BCUT2D eigenvalue weighted by molar-refractivity contribution is 0.261. The monoisotopic (exact) mass is 359 g/mol. The number of benzene rings is 1. The molecule has 0 bridgehead atoms. The SMILES string of the molecule is NS(=O)(=O)c1ccc(NC(=O)Nc2ccc(Br)o2)cc1. The Morgan fingerprint density at radius 2 is 1.75 bits per heavy atom. The topological polar surface area (TPSA) is 114 Å². The number of nitrogens with two attached hydrogens (primary N) is 1. The Morgan fingerprint density at radius 1 is 1.10 bits per heavy atom. The zero-order valence-electron chi connectivity index (χ0n) is 9.96. The van der Waals surface area contributed by atoms with E-state index in [0.717, 1.165) is 0 Å². The Labute approximate surface area is 123 Å². The fourth-order valence-electron chi connectivity index (χ4n) is 1.38. The highest BCUT2D eigenvalue weighted by molar-refractivity contribution is 9.10. The Bertz CT molecular complexity index is 724. The third-order valence-electron chi connectivity index (χ3n) is 2.25. The van der Waals surface area contributed by atoms with Gasteiger partial charge in [0.1, 0.15) is 0 Å². The van der Waals surface area contributed by atoms with Crippen LogP contribution in [0.3, 0.4) is 0 Å². The molecule has 0 saturated carbocycles. The normalized spacial score (nSPS) is 11.1. The van der Waals surface area contributed by atoms with Crippen molar-refractivity contribution in [1.29, 1.82) is 0 Å². The lowest BCUT2D eigenvalue weighted by Gasteiger charge is -2.06. The molecule has 2 amide bonds. The van der Waals surface area contributed by atoms with Gasteiger partial charge in [0, 0.05) is 11.8 Å². The van der Waals surface area contributed by atoms with Crippen LogP contribution >= 0.6 is 15.9 Å². The molecular weight excluding hydrogens is 350 g/mol. The van der Waals surface area contributed by atoms with Gasteiger partial charge in [0.25, 0.3) is 0 Å². The molecule has 1 aromatic carbocycles. The van der Waals surface area contributed by atoms with E-state index in [1.54, 1.807) is 12.1 Å². The molecule has 0 radical (unpaired) electrons. The number of sulfonamides is 1. The fourth-order valence-corrected chi connectivity index (χ4v) is 2.21. The summed E-state index contributed by atoms with van der Waals surface area (Å²) in [4.78, 5) is 11.6. The molecule has 0 fully saturated rings. The molecule has 0 aliphatic carbocycles. The number of anilines is 2. The summed E-state index contributed by atoms with van der Waals surface area (Å²) in [6, 6.07) is 8.15. The number of halogens is 1. The standard InChI is InChI=1S/C11H10BrN3O4S/c12-9-5-6-10(19-9)15-11(16)14-7-1-3-8(4-2-7)20(13,17)18/h1-6H,(H2,13,17,18)(H2,14,15,16). The molecular formula is C11H10BrN3O4S. The van der Waals surface area contributed by atoms with Crippen molar-refractivity contribution in [2.45, 2.75) is 4.90 Å². The summed E-state index contributed by atoms with van der Waals surface area (Å²) in [5.74, 6) is 0.274. The maximum absolute atomic E-state index is 11.6. The highest BCUT2D eigenvalue weighted by Gasteiger charge is 2.09. The van der Waals surface area contributed by atoms with E-state index in [1.807, 2.05) is 0 Å². The van der Waals surface area contributed by atoms with Crippen LogP contribution in [0.15, 0.2) is 50.4 Å². The van der Waals surface area contributed by atoms with Crippen LogP contribution in [0.1, 0.15) is 0 Å². The second-order valence-electron chi connectivity index (χ2n) is 3.75. The number of carbonyl (C=O) groups is 1. The molecule has 0 unspecified atom stereocenters. The highest BCUT2D eigenvalue weighted by Crippen LogP contribution is 2.19. The number of rotatable bonds is 3. The van der Waals surface area contributed by atoms with Crippen LogP contribution in [-0.2, 0) is 10.0 Å². The number of hydrogen-bond donors (Lipinski definition) is 3. The van der Waals surface area contributed by atoms with Crippen LogP contribution in [0, 0.1) is 0 Å². The molecule has 0 aliphatic heterocycles. The Morgan fingerprint density at radius 3 is 2.25 bits per heavy atom. The van der Waals surface area contributed by atoms with E-state index in [1.165, 1.54) is 24.3 Å². The second kappa shape index (κ2) is 5.65. The number of furan rings is 1. The lowest BCUT2D eigenvalue weighted by Crippen LogP contribution is -2.19. The first-order chi connectivity index (χ1) is 9.34. The van der Waals surface area contributed by atoms with Crippen molar-refractivity contribution in [3.8, 4) is 0 Å². The predicted octanol–water partition coefficient (Wildman–Crippen LogP) is 2.33. The molecule has 0 spiro atoms. The van der Waals surface area contributed by atoms with Crippen LogP contribution in [0.4, 0.5) is 16.4 Å². The first kappa shape index (κ1) is 14.6. The minimum atomic E-state index is -3.74. The maximum atomic E-state index is 11.6. The van der Waals surface area contributed by atoms with Gasteiger partial charge < -0.3 is 9.73 Å². The molecule has 20 heavy (non-hydrogen) atoms. The van der Waals surface area contributed by atoms with Gasteiger partial charge in [0.15, 0.2) is 4.67 Å². The van der Waals surface area contributed by atoms with E-state index >= 15 is 0 Å². The van der Waals surface area contributed by atoms with E-state index in [0.29, 0.717) is 10.4 Å². The maximum Gasteiger partial charge on any atom is 0.326 e. The van der Waals surface area contributed by atoms with Gasteiger partial charge in [-0.1, -0.05) is 0 Å². The van der Waals surface area contributed by atoms with Crippen molar-refractivity contribution < 1.29 is 17.6 Å².